The van der Waals surface area contributed by atoms with Crippen molar-refractivity contribution in [1.82, 2.24) is 0 Å². The summed E-state index contributed by atoms with van der Waals surface area (Å²) >= 11 is 0. The Kier molecular flexibility index (Phi) is 2.02. The van der Waals surface area contributed by atoms with Gasteiger partial charge in [0.05, 0.1) is 19.1 Å². The minimum Gasteiger partial charge on any atom is -0.460 e. The zero-order chi connectivity index (χ0) is 8.55. The number of carbonyl (C=O) groups is 1. The second kappa shape index (κ2) is 3.03. The monoisotopic (exact) mass is 172 g/mol. The fourth-order valence-electron chi connectivity index (χ4n) is 1.76. The van der Waals surface area contributed by atoms with E-state index < -0.39 is 0 Å². The van der Waals surface area contributed by atoms with E-state index in [9.17, 15) is 4.79 Å². The van der Waals surface area contributed by atoms with Crippen molar-refractivity contribution in [2.24, 2.45) is 5.92 Å². The van der Waals surface area contributed by atoms with Crippen molar-refractivity contribution in [3.8, 4) is 0 Å². The standard InChI is InChI=1S/C8H12O4/c1-5(9)12-7-4-11-8-6(7)2-3-10-8/h6-8H,2-4H2,1H3/t6-,7+,8+/m1/s1. The van der Waals surface area contributed by atoms with E-state index in [1.54, 1.807) is 0 Å². The van der Waals surface area contributed by atoms with Gasteiger partial charge >= 0.3 is 5.97 Å². The first-order valence-electron chi connectivity index (χ1n) is 4.18. The number of hydrogen-bond acceptors (Lipinski definition) is 4. The van der Waals surface area contributed by atoms with Crippen LogP contribution in [0.15, 0.2) is 0 Å². The first kappa shape index (κ1) is 8.01. The first-order valence-corrected chi connectivity index (χ1v) is 4.18. The van der Waals surface area contributed by atoms with Gasteiger partial charge in [-0.25, -0.2) is 0 Å². The van der Waals surface area contributed by atoms with Gasteiger partial charge in [-0.2, -0.15) is 0 Å². The summed E-state index contributed by atoms with van der Waals surface area (Å²) < 4.78 is 15.6. The molecule has 0 spiro atoms. The van der Waals surface area contributed by atoms with E-state index in [0.29, 0.717) is 13.2 Å². The molecule has 2 rings (SSSR count). The Morgan fingerprint density at radius 2 is 2.33 bits per heavy atom. The van der Waals surface area contributed by atoms with E-state index in [1.807, 2.05) is 0 Å². The lowest BCUT2D eigenvalue weighted by molar-refractivity contribution is -0.147. The van der Waals surface area contributed by atoms with Crippen LogP contribution < -0.4 is 0 Å². The molecule has 2 aliphatic heterocycles. The Bertz CT molecular complexity index is 191. The van der Waals surface area contributed by atoms with Gasteiger partial charge in [0, 0.05) is 6.92 Å². The zero-order valence-corrected chi connectivity index (χ0v) is 6.99. The van der Waals surface area contributed by atoms with Crippen LogP contribution >= 0.6 is 0 Å². The van der Waals surface area contributed by atoms with Crippen molar-refractivity contribution in [2.75, 3.05) is 13.2 Å². The van der Waals surface area contributed by atoms with Gasteiger partial charge in [0.1, 0.15) is 6.10 Å². The minimum atomic E-state index is -0.240. The molecule has 0 N–H and O–H groups in total. The summed E-state index contributed by atoms with van der Waals surface area (Å²) in [5.41, 5.74) is 0. The molecule has 0 radical (unpaired) electrons. The van der Waals surface area contributed by atoms with E-state index in [-0.39, 0.29) is 24.3 Å². The lowest BCUT2D eigenvalue weighted by Gasteiger charge is -2.13. The highest BCUT2D eigenvalue weighted by atomic mass is 16.7. The maximum atomic E-state index is 10.7. The SMILES string of the molecule is CC(=O)O[C@H]1CO[C@@H]2OCC[C@@H]21. The third kappa shape index (κ3) is 1.32. The predicted octanol–water partition coefficient (Wildman–Crippen LogP) is 0.311. The Labute approximate surface area is 70.8 Å². The molecule has 0 aromatic heterocycles. The molecular formula is C8H12O4. The normalized spacial score (nSPS) is 39.6. The van der Waals surface area contributed by atoms with E-state index in [0.717, 1.165) is 6.42 Å². The van der Waals surface area contributed by atoms with Crippen LogP contribution in [0, 0.1) is 5.92 Å². The van der Waals surface area contributed by atoms with Gasteiger partial charge in [0.15, 0.2) is 6.29 Å². The smallest absolute Gasteiger partial charge is 0.302 e. The number of ether oxygens (including phenoxy) is 3. The van der Waals surface area contributed by atoms with Gasteiger partial charge < -0.3 is 14.2 Å². The summed E-state index contributed by atoms with van der Waals surface area (Å²) in [6.45, 7) is 2.62. The number of fused-ring (bicyclic) bond motifs is 1. The molecule has 2 heterocycles. The molecule has 2 aliphatic rings. The quantitative estimate of drug-likeness (QED) is 0.534. The van der Waals surface area contributed by atoms with Gasteiger partial charge in [-0.3, -0.25) is 4.79 Å². The lowest BCUT2D eigenvalue weighted by Crippen LogP contribution is -2.25. The van der Waals surface area contributed by atoms with Crippen molar-refractivity contribution in [3.05, 3.63) is 0 Å². The number of hydrogen-bond donors (Lipinski definition) is 0. The number of rotatable bonds is 1. The van der Waals surface area contributed by atoms with Gasteiger partial charge in [-0.05, 0) is 6.42 Å². The zero-order valence-electron chi connectivity index (χ0n) is 6.99. The van der Waals surface area contributed by atoms with Crippen LogP contribution in [0.5, 0.6) is 0 Å². The molecule has 2 fully saturated rings. The average Bonchev–Trinajstić information content (AvgIpc) is 2.52. The summed E-state index contributed by atoms with van der Waals surface area (Å²) in [5.74, 6) is 0.0186. The Hall–Kier alpha value is -0.610. The van der Waals surface area contributed by atoms with Gasteiger partial charge in [0.25, 0.3) is 0 Å². The van der Waals surface area contributed by atoms with E-state index in [1.165, 1.54) is 6.92 Å². The second-order valence-electron chi connectivity index (χ2n) is 3.17. The summed E-state index contributed by atoms with van der Waals surface area (Å²) in [5, 5.41) is 0. The molecular weight excluding hydrogens is 160 g/mol. The summed E-state index contributed by atoms with van der Waals surface area (Å²) in [6, 6.07) is 0. The van der Waals surface area contributed by atoms with Gasteiger partial charge in [-0.15, -0.1) is 0 Å². The van der Waals surface area contributed by atoms with Crippen LogP contribution in [0.4, 0.5) is 0 Å². The molecule has 3 atom stereocenters. The first-order chi connectivity index (χ1) is 5.77. The van der Waals surface area contributed by atoms with E-state index >= 15 is 0 Å². The maximum absolute atomic E-state index is 10.7. The molecule has 4 nitrogen and oxygen atoms in total. The molecule has 0 aromatic rings. The third-order valence-corrected chi connectivity index (χ3v) is 2.30. The summed E-state index contributed by atoms with van der Waals surface area (Å²) in [7, 11) is 0. The lowest BCUT2D eigenvalue weighted by atomic mass is 10.0. The van der Waals surface area contributed by atoms with Crippen LogP contribution in [-0.2, 0) is 19.0 Å². The maximum Gasteiger partial charge on any atom is 0.302 e. The van der Waals surface area contributed by atoms with E-state index in [2.05, 4.69) is 0 Å². The molecule has 0 bridgehead atoms. The number of carbonyl (C=O) groups excluding carboxylic acids is 1. The van der Waals surface area contributed by atoms with Crippen molar-refractivity contribution in [3.63, 3.8) is 0 Å². The molecule has 0 aliphatic carbocycles. The Morgan fingerprint density at radius 1 is 1.50 bits per heavy atom. The van der Waals surface area contributed by atoms with Crippen LogP contribution in [0.25, 0.3) is 0 Å². The third-order valence-electron chi connectivity index (χ3n) is 2.30. The molecule has 0 unspecified atom stereocenters. The largest absolute Gasteiger partial charge is 0.460 e. The van der Waals surface area contributed by atoms with Crippen molar-refractivity contribution in [2.45, 2.75) is 25.7 Å². The molecule has 4 heteroatoms. The predicted molar refractivity (Wildman–Crippen MR) is 39.4 cm³/mol. The van der Waals surface area contributed by atoms with Crippen LogP contribution in [0.2, 0.25) is 0 Å². The van der Waals surface area contributed by atoms with Crippen molar-refractivity contribution < 1.29 is 19.0 Å². The molecule has 12 heavy (non-hydrogen) atoms. The van der Waals surface area contributed by atoms with Gasteiger partial charge in [0.2, 0.25) is 0 Å². The minimum absolute atomic E-state index is 0.0880. The summed E-state index contributed by atoms with van der Waals surface area (Å²) in [6.07, 6.45) is 0.715. The fraction of sp³-hybridized carbons (Fsp3) is 0.875. The molecule has 68 valence electrons. The van der Waals surface area contributed by atoms with Crippen LogP contribution in [0.1, 0.15) is 13.3 Å². The molecule has 0 saturated carbocycles. The molecule has 0 amide bonds. The highest BCUT2D eigenvalue weighted by Gasteiger charge is 2.43. The van der Waals surface area contributed by atoms with Crippen molar-refractivity contribution in [1.29, 1.82) is 0 Å². The van der Waals surface area contributed by atoms with E-state index in [4.69, 9.17) is 14.2 Å². The average molecular weight is 172 g/mol. The topological polar surface area (TPSA) is 44.8 Å². The second-order valence-corrected chi connectivity index (χ2v) is 3.17. The summed E-state index contributed by atoms with van der Waals surface area (Å²) in [4.78, 5) is 10.7. The number of esters is 1. The van der Waals surface area contributed by atoms with Crippen LogP contribution in [-0.4, -0.2) is 31.6 Å². The highest BCUT2D eigenvalue weighted by molar-refractivity contribution is 5.66. The van der Waals surface area contributed by atoms with Gasteiger partial charge in [-0.1, -0.05) is 0 Å². The Balaban J connectivity index is 1.95. The highest BCUT2D eigenvalue weighted by Crippen LogP contribution is 2.32. The molecule has 0 aromatic carbocycles. The molecule has 2 saturated heterocycles. The Morgan fingerprint density at radius 3 is 3.08 bits per heavy atom. The fourth-order valence-corrected chi connectivity index (χ4v) is 1.76. The van der Waals surface area contributed by atoms with Crippen LogP contribution in [0.3, 0.4) is 0 Å². The van der Waals surface area contributed by atoms with Crippen molar-refractivity contribution >= 4 is 5.97 Å².